The van der Waals surface area contributed by atoms with Crippen LogP contribution >= 0.6 is 0 Å². The highest BCUT2D eigenvalue weighted by Gasteiger charge is 2.35. The summed E-state index contributed by atoms with van der Waals surface area (Å²) in [5.41, 5.74) is 3.17. The largest absolute Gasteiger partial charge is 0.434 e. The lowest BCUT2D eigenvalue weighted by atomic mass is 10.1. The van der Waals surface area contributed by atoms with E-state index in [-0.39, 0.29) is 23.7 Å². The normalized spacial score (nSPS) is 16.1. The predicted octanol–water partition coefficient (Wildman–Crippen LogP) is 5.24. The second-order valence-corrected chi connectivity index (χ2v) is 9.87. The van der Waals surface area contributed by atoms with Crippen molar-refractivity contribution < 1.29 is 18.0 Å². The van der Waals surface area contributed by atoms with E-state index in [0.717, 1.165) is 28.7 Å². The van der Waals surface area contributed by atoms with Crippen LogP contribution in [0.3, 0.4) is 0 Å². The van der Waals surface area contributed by atoms with E-state index < -0.39 is 11.9 Å². The lowest BCUT2D eigenvalue weighted by Crippen LogP contribution is -2.42. The number of amides is 1. The quantitative estimate of drug-likeness (QED) is 0.367. The fourth-order valence-electron chi connectivity index (χ4n) is 4.72. The van der Waals surface area contributed by atoms with Gasteiger partial charge in [0.2, 0.25) is 5.91 Å². The summed E-state index contributed by atoms with van der Waals surface area (Å²) in [5, 5.41) is 9.30. The Morgan fingerprint density at radius 3 is 2.49 bits per heavy atom. The van der Waals surface area contributed by atoms with Crippen molar-refractivity contribution in [2.45, 2.75) is 53.0 Å². The zero-order valence-electron chi connectivity index (χ0n) is 21.3. The smallest absolute Gasteiger partial charge is 0.333 e. The van der Waals surface area contributed by atoms with Gasteiger partial charge in [-0.05, 0) is 31.9 Å². The van der Waals surface area contributed by atoms with Crippen molar-refractivity contribution in [2.24, 2.45) is 13.0 Å². The van der Waals surface area contributed by atoms with E-state index in [4.69, 9.17) is 5.10 Å². The van der Waals surface area contributed by atoms with Crippen molar-refractivity contribution in [3.8, 4) is 22.8 Å². The first-order valence-corrected chi connectivity index (χ1v) is 12.1. The fourth-order valence-corrected chi connectivity index (χ4v) is 4.72. The summed E-state index contributed by atoms with van der Waals surface area (Å²) in [4.78, 5) is 18.7. The minimum Gasteiger partial charge on any atom is -0.333 e. The van der Waals surface area contributed by atoms with Crippen LogP contribution in [0, 0.1) is 12.8 Å². The monoisotopic (exact) mass is 511 g/mol. The summed E-state index contributed by atoms with van der Waals surface area (Å²) in [6.07, 6.45) is -1.71. The van der Waals surface area contributed by atoms with Crippen molar-refractivity contribution in [3.63, 3.8) is 0 Å². The van der Waals surface area contributed by atoms with Crippen LogP contribution in [0.1, 0.15) is 43.6 Å². The van der Waals surface area contributed by atoms with Crippen LogP contribution in [0.2, 0.25) is 0 Å². The van der Waals surface area contributed by atoms with E-state index in [0.29, 0.717) is 24.5 Å². The number of nitrogens with zero attached hydrogens (tertiary/aromatic N) is 7. The molecule has 0 N–H and O–H groups in total. The molecule has 4 heterocycles. The predicted molar refractivity (Wildman–Crippen MR) is 133 cm³/mol. The van der Waals surface area contributed by atoms with Gasteiger partial charge >= 0.3 is 6.18 Å². The number of hydrogen-bond donors (Lipinski definition) is 0. The molecular weight excluding hydrogens is 483 g/mol. The molecule has 0 aliphatic carbocycles. The highest BCUT2D eigenvalue weighted by atomic mass is 19.4. The molecule has 1 aromatic carbocycles. The molecule has 4 aromatic rings. The van der Waals surface area contributed by atoms with Gasteiger partial charge < -0.3 is 4.57 Å². The number of carbonyl (C=O) groups excluding carboxylic acids is 1. The number of anilines is 1. The molecule has 1 aliphatic heterocycles. The molecule has 1 atom stereocenters. The van der Waals surface area contributed by atoms with Crippen LogP contribution < -0.4 is 4.90 Å². The number of halogens is 3. The first kappa shape index (κ1) is 24.8. The van der Waals surface area contributed by atoms with Crippen LogP contribution in [0.25, 0.3) is 22.8 Å². The molecule has 0 radical (unpaired) electrons. The van der Waals surface area contributed by atoms with Crippen molar-refractivity contribution >= 4 is 11.7 Å². The Kier molecular flexibility index (Phi) is 5.96. The maximum absolute atomic E-state index is 13.2. The number of hydrogen-bond acceptors (Lipinski definition) is 4. The van der Waals surface area contributed by atoms with Gasteiger partial charge in [0.05, 0.1) is 30.9 Å². The molecule has 1 aliphatic rings. The van der Waals surface area contributed by atoms with Crippen LogP contribution in [0.4, 0.5) is 19.0 Å². The molecule has 11 heteroatoms. The Morgan fingerprint density at radius 2 is 1.86 bits per heavy atom. The van der Waals surface area contributed by atoms with Crippen LogP contribution in [-0.2, 0) is 31.1 Å². The SMILES string of the molecule is Cc1cnn(C(C)C)c1-c1cc2n(n1)CC(C)C(=O)N2Cc1ccc(-c2nc(C(F)(F)F)cn2C)cc1. The third-order valence-electron chi connectivity index (χ3n) is 6.60. The van der Waals surface area contributed by atoms with Crippen molar-refractivity contribution in [1.82, 2.24) is 29.1 Å². The van der Waals surface area contributed by atoms with Crippen molar-refractivity contribution in [3.05, 3.63) is 59.5 Å². The molecular formula is C26H28F3N7O. The minimum absolute atomic E-state index is 0.00367. The Labute approximate surface area is 212 Å². The molecule has 0 saturated carbocycles. The Balaban J connectivity index is 1.45. The summed E-state index contributed by atoms with van der Waals surface area (Å²) in [5.74, 6) is 0.679. The van der Waals surface area contributed by atoms with E-state index >= 15 is 0 Å². The van der Waals surface area contributed by atoms with E-state index in [1.165, 1.54) is 11.6 Å². The molecule has 0 spiro atoms. The summed E-state index contributed by atoms with van der Waals surface area (Å²) >= 11 is 0. The number of aromatic nitrogens is 6. The maximum atomic E-state index is 13.2. The van der Waals surface area contributed by atoms with Crippen LogP contribution in [-0.4, -0.2) is 35.0 Å². The van der Waals surface area contributed by atoms with Gasteiger partial charge in [-0.15, -0.1) is 0 Å². The Hall–Kier alpha value is -3.89. The summed E-state index contributed by atoms with van der Waals surface area (Å²) in [6, 6.07) is 9.15. The van der Waals surface area contributed by atoms with Gasteiger partial charge in [-0.25, -0.2) is 9.67 Å². The van der Waals surface area contributed by atoms with Gasteiger partial charge in [-0.3, -0.25) is 14.4 Å². The lowest BCUT2D eigenvalue weighted by Gasteiger charge is -2.31. The lowest BCUT2D eigenvalue weighted by molar-refractivity contribution is -0.140. The highest BCUT2D eigenvalue weighted by molar-refractivity contribution is 5.95. The summed E-state index contributed by atoms with van der Waals surface area (Å²) in [6.45, 7) is 8.78. The first-order chi connectivity index (χ1) is 17.4. The minimum atomic E-state index is -4.51. The van der Waals surface area contributed by atoms with E-state index in [2.05, 4.69) is 23.9 Å². The molecule has 1 amide bonds. The standard InChI is InChI=1S/C26H28F3N7O/c1-15(2)36-23(16(3)11-30-36)20-10-22-34(25(37)17(4)12-35(22)32-20)13-18-6-8-19(9-7-18)24-31-21(14-33(24)5)26(27,28)29/h6-11,14-15,17H,12-13H2,1-5H3. The molecule has 0 fully saturated rings. The van der Waals surface area contributed by atoms with Crippen molar-refractivity contribution in [2.75, 3.05) is 4.90 Å². The Bertz CT molecular complexity index is 1460. The molecule has 8 nitrogen and oxygen atoms in total. The molecule has 0 bridgehead atoms. The number of aryl methyl sites for hydroxylation is 2. The van der Waals surface area contributed by atoms with Crippen LogP contribution in [0.5, 0.6) is 0 Å². The summed E-state index contributed by atoms with van der Waals surface area (Å²) in [7, 11) is 1.53. The fraction of sp³-hybridized carbons (Fsp3) is 0.385. The van der Waals surface area contributed by atoms with Gasteiger partial charge in [0.15, 0.2) is 5.69 Å². The highest BCUT2D eigenvalue weighted by Crippen LogP contribution is 2.34. The van der Waals surface area contributed by atoms with E-state index in [1.54, 1.807) is 17.0 Å². The number of rotatable bonds is 5. The molecule has 0 saturated heterocycles. The summed E-state index contributed by atoms with van der Waals surface area (Å²) < 4.78 is 44.3. The van der Waals surface area contributed by atoms with Gasteiger partial charge in [0.1, 0.15) is 17.3 Å². The maximum Gasteiger partial charge on any atom is 0.434 e. The first-order valence-electron chi connectivity index (χ1n) is 12.1. The average molecular weight is 512 g/mol. The average Bonchev–Trinajstić information content (AvgIpc) is 3.53. The number of carbonyl (C=O) groups is 1. The Morgan fingerprint density at radius 1 is 1.16 bits per heavy atom. The van der Waals surface area contributed by atoms with Gasteiger partial charge in [0, 0.05) is 30.9 Å². The number of benzene rings is 1. The molecule has 3 aromatic heterocycles. The van der Waals surface area contributed by atoms with Crippen LogP contribution in [0.15, 0.2) is 42.7 Å². The third kappa shape index (κ3) is 4.42. The molecule has 37 heavy (non-hydrogen) atoms. The molecule has 5 rings (SSSR count). The number of imidazole rings is 1. The number of fused-ring (bicyclic) bond motifs is 1. The second-order valence-electron chi connectivity index (χ2n) is 9.87. The second kappa shape index (κ2) is 8.89. The van der Waals surface area contributed by atoms with E-state index in [9.17, 15) is 18.0 Å². The van der Waals surface area contributed by atoms with Gasteiger partial charge in [0.25, 0.3) is 0 Å². The van der Waals surface area contributed by atoms with Gasteiger partial charge in [-0.1, -0.05) is 31.2 Å². The van der Waals surface area contributed by atoms with E-state index in [1.807, 2.05) is 47.6 Å². The zero-order valence-corrected chi connectivity index (χ0v) is 21.3. The molecule has 1 unspecified atom stereocenters. The van der Waals surface area contributed by atoms with Gasteiger partial charge in [-0.2, -0.15) is 23.4 Å². The molecule has 194 valence electrons. The third-order valence-corrected chi connectivity index (χ3v) is 6.60. The number of alkyl halides is 3. The zero-order chi connectivity index (χ0) is 26.6. The van der Waals surface area contributed by atoms with Crippen molar-refractivity contribution in [1.29, 1.82) is 0 Å². The topological polar surface area (TPSA) is 73.8 Å².